The third-order valence-corrected chi connectivity index (χ3v) is 3.87. The maximum absolute atomic E-state index is 12.2. The van der Waals surface area contributed by atoms with Crippen LogP contribution in [0.3, 0.4) is 0 Å². The molecule has 0 radical (unpaired) electrons. The molecule has 0 spiro atoms. The highest BCUT2D eigenvalue weighted by atomic mass is 16.2. The van der Waals surface area contributed by atoms with Crippen LogP contribution in [0.5, 0.6) is 0 Å². The predicted octanol–water partition coefficient (Wildman–Crippen LogP) is 3.37. The Bertz CT molecular complexity index is 676. The minimum Gasteiger partial charge on any atom is -0.330 e. The summed E-state index contributed by atoms with van der Waals surface area (Å²) in [5.74, 6) is 1.69. The SMILES string of the molecule is CC(C)C[C@H](N)C(=O)Nc1cccc(Cn2ccnc2C(C)C)c1. The molecule has 3 N–H and O–H groups in total. The van der Waals surface area contributed by atoms with E-state index in [1.54, 1.807) is 0 Å². The summed E-state index contributed by atoms with van der Waals surface area (Å²) in [4.78, 5) is 16.6. The summed E-state index contributed by atoms with van der Waals surface area (Å²) in [5.41, 5.74) is 7.84. The molecule has 0 aliphatic rings. The number of carbonyl (C=O) groups is 1. The predicted molar refractivity (Wildman–Crippen MR) is 97.9 cm³/mol. The van der Waals surface area contributed by atoms with Crippen LogP contribution in [0.25, 0.3) is 0 Å². The summed E-state index contributed by atoms with van der Waals surface area (Å²) in [6.07, 6.45) is 4.49. The minimum absolute atomic E-state index is 0.133. The third-order valence-electron chi connectivity index (χ3n) is 3.87. The number of anilines is 1. The van der Waals surface area contributed by atoms with Crippen molar-refractivity contribution < 1.29 is 4.79 Å². The number of benzene rings is 1. The second kappa shape index (κ2) is 8.11. The zero-order valence-corrected chi connectivity index (χ0v) is 15.0. The molecule has 0 aliphatic carbocycles. The lowest BCUT2D eigenvalue weighted by Crippen LogP contribution is -2.36. The average molecular weight is 328 g/mol. The van der Waals surface area contributed by atoms with Gasteiger partial charge in [0.05, 0.1) is 6.04 Å². The van der Waals surface area contributed by atoms with Gasteiger partial charge >= 0.3 is 0 Å². The van der Waals surface area contributed by atoms with E-state index in [0.29, 0.717) is 18.3 Å². The second-order valence-electron chi connectivity index (χ2n) is 6.99. The van der Waals surface area contributed by atoms with Gasteiger partial charge in [-0.05, 0) is 30.0 Å². The van der Waals surface area contributed by atoms with Crippen LogP contribution < -0.4 is 11.1 Å². The van der Waals surface area contributed by atoms with Crippen molar-refractivity contribution in [2.24, 2.45) is 11.7 Å². The quantitative estimate of drug-likeness (QED) is 0.818. The molecule has 1 aromatic heterocycles. The van der Waals surface area contributed by atoms with Crippen LogP contribution in [0.4, 0.5) is 5.69 Å². The number of nitrogens with zero attached hydrogens (tertiary/aromatic N) is 2. The molecule has 0 bridgehead atoms. The van der Waals surface area contributed by atoms with Crippen LogP contribution in [0.1, 0.15) is 51.4 Å². The van der Waals surface area contributed by atoms with E-state index in [9.17, 15) is 4.79 Å². The first kappa shape index (κ1) is 18.2. The summed E-state index contributed by atoms with van der Waals surface area (Å²) in [7, 11) is 0. The monoisotopic (exact) mass is 328 g/mol. The number of aromatic nitrogens is 2. The Labute approximate surface area is 144 Å². The maximum Gasteiger partial charge on any atom is 0.241 e. The molecular formula is C19H28N4O. The fraction of sp³-hybridized carbons (Fsp3) is 0.474. The highest BCUT2D eigenvalue weighted by Gasteiger charge is 2.15. The van der Waals surface area contributed by atoms with E-state index >= 15 is 0 Å². The van der Waals surface area contributed by atoms with Crippen molar-refractivity contribution in [3.05, 3.63) is 48.0 Å². The van der Waals surface area contributed by atoms with E-state index in [4.69, 9.17) is 5.73 Å². The molecule has 2 aromatic rings. The van der Waals surface area contributed by atoms with Gasteiger partial charge in [0.15, 0.2) is 0 Å². The number of rotatable bonds is 7. The zero-order chi connectivity index (χ0) is 17.7. The number of nitrogens with two attached hydrogens (primary N) is 1. The van der Waals surface area contributed by atoms with Crippen molar-refractivity contribution in [3.8, 4) is 0 Å². The van der Waals surface area contributed by atoms with E-state index in [2.05, 4.69) is 42.6 Å². The van der Waals surface area contributed by atoms with Crippen molar-refractivity contribution in [1.82, 2.24) is 9.55 Å². The molecule has 5 heteroatoms. The Morgan fingerprint density at radius 2 is 2.04 bits per heavy atom. The van der Waals surface area contributed by atoms with Crippen LogP contribution in [0.15, 0.2) is 36.7 Å². The normalized spacial score (nSPS) is 12.6. The average Bonchev–Trinajstić information content (AvgIpc) is 2.95. The molecular weight excluding hydrogens is 300 g/mol. The lowest BCUT2D eigenvalue weighted by atomic mass is 10.0. The Morgan fingerprint density at radius 1 is 1.29 bits per heavy atom. The molecule has 1 aromatic carbocycles. The van der Waals surface area contributed by atoms with E-state index in [-0.39, 0.29) is 5.91 Å². The van der Waals surface area contributed by atoms with Crippen LogP contribution in [-0.4, -0.2) is 21.5 Å². The van der Waals surface area contributed by atoms with Crippen molar-refractivity contribution >= 4 is 11.6 Å². The molecule has 1 atom stereocenters. The number of amides is 1. The van der Waals surface area contributed by atoms with Gasteiger partial charge in [-0.1, -0.05) is 39.8 Å². The Balaban J connectivity index is 2.06. The molecule has 130 valence electrons. The highest BCUT2D eigenvalue weighted by molar-refractivity contribution is 5.94. The van der Waals surface area contributed by atoms with Crippen molar-refractivity contribution in [3.63, 3.8) is 0 Å². The van der Waals surface area contributed by atoms with Crippen LogP contribution in [-0.2, 0) is 11.3 Å². The molecule has 0 saturated carbocycles. The van der Waals surface area contributed by atoms with Crippen LogP contribution in [0, 0.1) is 5.92 Å². The Morgan fingerprint density at radius 3 is 2.71 bits per heavy atom. The summed E-state index contributed by atoms with van der Waals surface area (Å²) >= 11 is 0. The standard InChI is InChI=1S/C19H28N4O/c1-13(2)10-17(20)19(24)22-16-7-5-6-15(11-16)12-23-9-8-21-18(23)14(3)4/h5-9,11,13-14,17H,10,12,20H2,1-4H3,(H,22,24)/t17-/m0/s1. The molecule has 0 unspecified atom stereocenters. The molecule has 24 heavy (non-hydrogen) atoms. The molecule has 2 rings (SSSR count). The second-order valence-corrected chi connectivity index (χ2v) is 6.99. The van der Waals surface area contributed by atoms with Gasteiger partial charge in [0.2, 0.25) is 5.91 Å². The molecule has 1 amide bonds. The number of hydrogen-bond acceptors (Lipinski definition) is 3. The van der Waals surface area contributed by atoms with Gasteiger partial charge < -0.3 is 15.6 Å². The van der Waals surface area contributed by atoms with Crippen molar-refractivity contribution in [2.45, 2.75) is 52.6 Å². The summed E-state index contributed by atoms with van der Waals surface area (Å²) in [5, 5.41) is 2.92. The molecule has 0 aliphatic heterocycles. The first-order valence-corrected chi connectivity index (χ1v) is 8.53. The highest BCUT2D eigenvalue weighted by Crippen LogP contribution is 2.17. The van der Waals surface area contributed by atoms with Gasteiger partial charge in [0.1, 0.15) is 5.82 Å². The van der Waals surface area contributed by atoms with Crippen molar-refractivity contribution in [1.29, 1.82) is 0 Å². The fourth-order valence-corrected chi connectivity index (χ4v) is 2.75. The molecule has 0 saturated heterocycles. The van der Waals surface area contributed by atoms with Gasteiger partial charge in [0, 0.05) is 30.5 Å². The smallest absolute Gasteiger partial charge is 0.241 e. The third kappa shape index (κ3) is 4.93. The Hall–Kier alpha value is -2.14. The Kier molecular flexibility index (Phi) is 6.15. The first-order valence-electron chi connectivity index (χ1n) is 8.53. The van der Waals surface area contributed by atoms with Gasteiger partial charge in [0.25, 0.3) is 0 Å². The lowest BCUT2D eigenvalue weighted by Gasteiger charge is -2.15. The lowest BCUT2D eigenvalue weighted by molar-refractivity contribution is -0.117. The van der Waals surface area contributed by atoms with E-state index < -0.39 is 6.04 Å². The molecule has 0 fully saturated rings. The number of imidazole rings is 1. The largest absolute Gasteiger partial charge is 0.330 e. The zero-order valence-electron chi connectivity index (χ0n) is 15.0. The molecule has 5 nitrogen and oxygen atoms in total. The minimum atomic E-state index is -0.477. The van der Waals surface area contributed by atoms with Gasteiger partial charge in [-0.2, -0.15) is 0 Å². The summed E-state index contributed by atoms with van der Waals surface area (Å²) in [6, 6.07) is 7.40. The van der Waals surface area contributed by atoms with Gasteiger partial charge in [-0.3, -0.25) is 4.79 Å². The van der Waals surface area contributed by atoms with Crippen LogP contribution in [0.2, 0.25) is 0 Å². The molecule has 1 heterocycles. The van der Waals surface area contributed by atoms with E-state index in [1.165, 1.54) is 0 Å². The van der Waals surface area contributed by atoms with E-state index in [0.717, 1.165) is 23.6 Å². The number of carbonyl (C=O) groups excluding carboxylic acids is 1. The topological polar surface area (TPSA) is 72.9 Å². The fourth-order valence-electron chi connectivity index (χ4n) is 2.75. The van der Waals surface area contributed by atoms with Crippen LogP contribution >= 0.6 is 0 Å². The van der Waals surface area contributed by atoms with Crippen molar-refractivity contribution in [2.75, 3.05) is 5.32 Å². The number of hydrogen-bond donors (Lipinski definition) is 2. The van der Waals surface area contributed by atoms with Gasteiger partial charge in [-0.25, -0.2) is 4.98 Å². The van der Waals surface area contributed by atoms with Gasteiger partial charge in [-0.15, -0.1) is 0 Å². The maximum atomic E-state index is 12.2. The first-order chi connectivity index (χ1) is 11.4. The van der Waals surface area contributed by atoms with E-state index in [1.807, 2.05) is 36.7 Å². The summed E-state index contributed by atoms with van der Waals surface area (Å²) in [6.45, 7) is 9.11. The summed E-state index contributed by atoms with van der Waals surface area (Å²) < 4.78 is 2.14. The number of nitrogens with one attached hydrogen (secondary N) is 1.